The molecule has 0 aliphatic heterocycles. The third kappa shape index (κ3) is 5.95. The van der Waals surface area contributed by atoms with Crippen LogP contribution in [0.15, 0.2) is 18.2 Å². The molecule has 0 radical (unpaired) electrons. The average Bonchev–Trinajstić information content (AvgIpc) is 3.16. The highest BCUT2D eigenvalue weighted by molar-refractivity contribution is 5.69. The van der Waals surface area contributed by atoms with Crippen molar-refractivity contribution in [3.05, 3.63) is 29.3 Å². The van der Waals surface area contributed by atoms with Crippen molar-refractivity contribution >= 4 is 5.97 Å². The second-order valence-corrected chi connectivity index (χ2v) is 12.7. The van der Waals surface area contributed by atoms with Crippen LogP contribution in [0, 0.1) is 29.1 Å². The standard InChI is InChI=1S/C32H50O4/c1-3-4-11-22(31(35)36)12-9-7-5-6-8-10-13-23-20-24-21-25(33)14-15-26(24)27-18-19-32(2)28(30(23)27)16-17-29(32)34/h14-15,21-23,27-30,33-34H,3-13,16-20H2,1-2H3,(H,35,36)/t22-,23+,27?,28?,29-,30?,32-/m0/s1. The lowest BCUT2D eigenvalue weighted by Crippen LogP contribution is -2.47. The molecule has 4 rings (SSSR count). The van der Waals surface area contributed by atoms with Crippen molar-refractivity contribution in [3.63, 3.8) is 0 Å². The maximum Gasteiger partial charge on any atom is 0.306 e. The normalized spacial score (nSPS) is 31.9. The average molecular weight is 499 g/mol. The van der Waals surface area contributed by atoms with Crippen molar-refractivity contribution in [2.75, 3.05) is 0 Å². The molecule has 202 valence electrons. The molecule has 3 unspecified atom stereocenters. The van der Waals surface area contributed by atoms with Crippen LogP contribution in [0.25, 0.3) is 0 Å². The number of carbonyl (C=O) groups is 1. The molecule has 2 saturated carbocycles. The Kier molecular flexibility index (Phi) is 9.41. The van der Waals surface area contributed by atoms with Crippen LogP contribution in [-0.4, -0.2) is 27.4 Å². The summed E-state index contributed by atoms with van der Waals surface area (Å²) >= 11 is 0. The predicted octanol–water partition coefficient (Wildman–Crippen LogP) is 7.85. The van der Waals surface area contributed by atoms with E-state index in [1.165, 1.54) is 56.1 Å². The fraction of sp³-hybridized carbons (Fsp3) is 0.781. The van der Waals surface area contributed by atoms with Crippen LogP contribution in [0.5, 0.6) is 5.75 Å². The van der Waals surface area contributed by atoms with Crippen LogP contribution in [0.4, 0.5) is 0 Å². The number of carboxylic acid groups (broad SMARTS) is 1. The number of rotatable bonds is 13. The number of aromatic hydroxyl groups is 1. The van der Waals surface area contributed by atoms with Crippen LogP contribution >= 0.6 is 0 Å². The Morgan fingerprint density at radius 3 is 2.50 bits per heavy atom. The number of aliphatic carboxylic acids is 1. The zero-order valence-electron chi connectivity index (χ0n) is 22.8. The SMILES string of the molecule is CCCC[C@@H](CCCCCCCC[C@@H]1Cc2cc(O)ccc2C2CC[C@@]3(C)C(CC[C@@H]3O)C21)C(=O)O. The van der Waals surface area contributed by atoms with Gasteiger partial charge in [-0.15, -0.1) is 0 Å². The summed E-state index contributed by atoms with van der Waals surface area (Å²) in [6.07, 6.45) is 17.5. The molecule has 0 saturated heterocycles. The van der Waals surface area contributed by atoms with Crippen LogP contribution in [-0.2, 0) is 11.2 Å². The zero-order chi connectivity index (χ0) is 25.7. The molecule has 36 heavy (non-hydrogen) atoms. The zero-order valence-corrected chi connectivity index (χ0v) is 22.8. The van der Waals surface area contributed by atoms with E-state index in [0.717, 1.165) is 57.8 Å². The predicted molar refractivity (Wildman–Crippen MR) is 145 cm³/mol. The lowest BCUT2D eigenvalue weighted by atomic mass is 9.52. The van der Waals surface area contributed by atoms with Crippen LogP contribution in [0.3, 0.4) is 0 Å². The van der Waals surface area contributed by atoms with Crippen molar-refractivity contribution < 1.29 is 20.1 Å². The van der Waals surface area contributed by atoms with E-state index in [0.29, 0.717) is 29.4 Å². The van der Waals surface area contributed by atoms with E-state index in [1.54, 1.807) is 0 Å². The van der Waals surface area contributed by atoms with Crippen LogP contribution in [0.2, 0.25) is 0 Å². The summed E-state index contributed by atoms with van der Waals surface area (Å²) in [6, 6.07) is 6.07. The van der Waals surface area contributed by atoms with Gasteiger partial charge < -0.3 is 15.3 Å². The summed E-state index contributed by atoms with van der Waals surface area (Å²) in [5.74, 6) is 2.14. The summed E-state index contributed by atoms with van der Waals surface area (Å²) in [4.78, 5) is 11.4. The number of carboxylic acids is 1. The second-order valence-electron chi connectivity index (χ2n) is 12.7. The Balaban J connectivity index is 1.28. The number of benzene rings is 1. The number of aliphatic hydroxyl groups excluding tert-OH is 1. The Hall–Kier alpha value is -1.55. The van der Waals surface area contributed by atoms with E-state index in [9.17, 15) is 20.1 Å². The quantitative estimate of drug-likeness (QED) is 0.242. The molecule has 0 aromatic heterocycles. The van der Waals surface area contributed by atoms with Gasteiger partial charge in [0.1, 0.15) is 5.75 Å². The van der Waals surface area contributed by atoms with Gasteiger partial charge in [0.2, 0.25) is 0 Å². The Bertz CT molecular complexity index is 866. The van der Waals surface area contributed by atoms with Gasteiger partial charge in [0, 0.05) is 0 Å². The van der Waals surface area contributed by atoms with Crippen molar-refractivity contribution in [2.24, 2.45) is 29.1 Å². The van der Waals surface area contributed by atoms with Gasteiger partial charge >= 0.3 is 5.97 Å². The Morgan fingerprint density at radius 2 is 1.75 bits per heavy atom. The fourth-order valence-electron chi connectivity index (χ4n) is 8.38. The van der Waals surface area contributed by atoms with Crippen molar-refractivity contribution in [3.8, 4) is 5.75 Å². The van der Waals surface area contributed by atoms with Gasteiger partial charge in [0.25, 0.3) is 0 Å². The summed E-state index contributed by atoms with van der Waals surface area (Å²) in [5, 5.41) is 30.4. The first-order chi connectivity index (χ1) is 17.3. The highest BCUT2D eigenvalue weighted by atomic mass is 16.4. The van der Waals surface area contributed by atoms with Gasteiger partial charge in [-0.3, -0.25) is 4.79 Å². The lowest BCUT2D eigenvalue weighted by Gasteiger charge is -2.53. The Labute approximate surface area is 218 Å². The number of phenolic OH excluding ortho intramolecular Hbond substituents is 1. The molecule has 4 nitrogen and oxygen atoms in total. The number of hydrogen-bond acceptors (Lipinski definition) is 3. The minimum atomic E-state index is -0.613. The van der Waals surface area contributed by atoms with Gasteiger partial charge in [0.05, 0.1) is 12.0 Å². The maximum atomic E-state index is 11.4. The van der Waals surface area contributed by atoms with Gasteiger partial charge in [-0.25, -0.2) is 0 Å². The van der Waals surface area contributed by atoms with Gasteiger partial charge in [-0.05, 0) is 104 Å². The molecule has 4 heteroatoms. The topological polar surface area (TPSA) is 77.8 Å². The lowest BCUT2D eigenvalue weighted by molar-refractivity contribution is -0.142. The third-order valence-electron chi connectivity index (χ3n) is 10.5. The molecule has 2 fully saturated rings. The first-order valence-corrected chi connectivity index (χ1v) is 15.1. The van der Waals surface area contributed by atoms with Crippen molar-refractivity contribution in [1.82, 2.24) is 0 Å². The van der Waals surface area contributed by atoms with Gasteiger partial charge in [0.15, 0.2) is 0 Å². The molecule has 0 heterocycles. The Morgan fingerprint density at radius 1 is 1.03 bits per heavy atom. The molecule has 0 bridgehead atoms. The van der Waals surface area contributed by atoms with E-state index in [2.05, 4.69) is 19.9 Å². The number of unbranched alkanes of at least 4 members (excludes halogenated alkanes) is 6. The number of phenols is 1. The molecule has 3 N–H and O–H groups in total. The van der Waals surface area contributed by atoms with Gasteiger partial charge in [-0.1, -0.05) is 71.3 Å². The maximum absolute atomic E-state index is 11.4. The van der Waals surface area contributed by atoms with E-state index in [4.69, 9.17) is 0 Å². The molecule has 0 amide bonds. The number of aliphatic hydroxyl groups is 1. The van der Waals surface area contributed by atoms with E-state index in [1.807, 2.05) is 12.1 Å². The number of fused-ring (bicyclic) bond motifs is 5. The summed E-state index contributed by atoms with van der Waals surface area (Å²) in [7, 11) is 0. The highest BCUT2D eigenvalue weighted by Crippen LogP contribution is 2.62. The fourth-order valence-corrected chi connectivity index (χ4v) is 8.38. The highest BCUT2D eigenvalue weighted by Gasteiger charge is 2.56. The molecule has 3 aliphatic rings. The molecule has 3 aliphatic carbocycles. The third-order valence-corrected chi connectivity index (χ3v) is 10.5. The van der Waals surface area contributed by atoms with E-state index in [-0.39, 0.29) is 17.4 Å². The minimum Gasteiger partial charge on any atom is -0.508 e. The van der Waals surface area contributed by atoms with E-state index >= 15 is 0 Å². The van der Waals surface area contributed by atoms with Crippen molar-refractivity contribution in [1.29, 1.82) is 0 Å². The molecule has 0 spiro atoms. The molecule has 7 atom stereocenters. The van der Waals surface area contributed by atoms with E-state index < -0.39 is 5.97 Å². The smallest absolute Gasteiger partial charge is 0.306 e. The summed E-state index contributed by atoms with van der Waals surface area (Å²) in [6.45, 7) is 4.48. The first-order valence-electron chi connectivity index (χ1n) is 15.1. The monoisotopic (exact) mass is 498 g/mol. The van der Waals surface area contributed by atoms with Crippen LogP contribution < -0.4 is 0 Å². The minimum absolute atomic E-state index is 0.0821. The first kappa shape index (κ1) is 27.5. The summed E-state index contributed by atoms with van der Waals surface area (Å²) in [5.41, 5.74) is 2.91. The molecular weight excluding hydrogens is 448 g/mol. The molecular formula is C32H50O4. The second kappa shape index (κ2) is 12.3. The molecule has 1 aromatic carbocycles. The largest absolute Gasteiger partial charge is 0.508 e. The molecule has 1 aromatic rings. The number of hydrogen-bond donors (Lipinski definition) is 3. The summed E-state index contributed by atoms with van der Waals surface area (Å²) < 4.78 is 0. The van der Waals surface area contributed by atoms with Crippen LogP contribution in [0.1, 0.15) is 127 Å². The van der Waals surface area contributed by atoms with Gasteiger partial charge in [-0.2, -0.15) is 0 Å². The van der Waals surface area contributed by atoms with Crippen molar-refractivity contribution in [2.45, 2.75) is 129 Å².